The molecule has 1 amide bonds. The van der Waals surface area contributed by atoms with Gasteiger partial charge in [0, 0.05) is 0 Å². The van der Waals surface area contributed by atoms with Crippen LogP contribution in [0.15, 0.2) is 18.2 Å². The van der Waals surface area contributed by atoms with E-state index in [9.17, 15) is 14.7 Å². The number of rotatable bonds is 3. The van der Waals surface area contributed by atoms with Gasteiger partial charge in [-0.05, 0) is 38.3 Å². The van der Waals surface area contributed by atoms with Crippen molar-refractivity contribution in [1.82, 2.24) is 0 Å². The number of benzene rings is 1. The molecule has 1 aromatic carbocycles. The summed E-state index contributed by atoms with van der Waals surface area (Å²) in [5, 5.41) is 12.0. The smallest absolute Gasteiger partial charge is 0.337 e. The van der Waals surface area contributed by atoms with E-state index in [0.717, 1.165) is 5.56 Å². The fourth-order valence-electron chi connectivity index (χ4n) is 2.94. The van der Waals surface area contributed by atoms with Gasteiger partial charge in [-0.1, -0.05) is 19.1 Å². The SMILES string of the molecule is Cc1cccc(C(=O)O)c1NC(=O)C1C(C)OC(C)C1C. The molecule has 5 heteroatoms. The monoisotopic (exact) mass is 291 g/mol. The Bertz CT molecular complexity index is 569. The summed E-state index contributed by atoms with van der Waals surface area (Å²) < 4.78 is 5.68. The molecule has 1 saturated heterocycles. The highest BCUT2D eigenvalue weighted by molar-refractivity contribution is 6.02. The fraction of sp³-hybridized carbons (Fsp3) is 0.500. The van der Waals surface area contributed by atoms with Crippen molar-refractivity contribution in [1.29, 1.82) is 0 Å². The van der Waals surface area contributed by atoms with E-state index in [1.165, 1.54) is 6.07 Å². The summed E-state index contributed by atoms with van der Waals surface area (Å²) in [6.07, 6.45) is -0.154. The molecule has 4 unspecified atom stereocenters. The van der Waals surface area contributed by atoms with Gasteiger partial charge in [0.1, 0.15) is 0 Å². The number of carboxylic acids is 1. The first-order chi connectivity index (χ1) is 9.82. The van der Waals surface area contributed by atoms with Crippen molar-refractivity contribution in [2.45, 2.75) is 39.9 Å². The average Bonchev–Trinajstić information content (AvgIpc) is 2.65. The number of hydrogen-bond donors (Lipinski definition) is 2. The third kappa shape index (κ3) is 2.93. The van der Waals surface area contributed by atoms with Gasteiger partial charge in [-0.3, -0.25) is 4.79 Å². The number of carboxylic acid groups (broad SMARTS) is 1. The van der Waals surface area contributed by atoms with Gasteiger partial charge in [0.05, 0.1) is 29.4 Å². The lowest BCUT2D eigenvalue weighted by molar-refractivity contribution is -0.121. The molecule has 1 aliphatic rings. The average molecular weight is 291 g/mol. The highest BCUT2D eigenvalue weighted by Crippen LogP contribution is 2.33. The maximum Gasteiger partial charge on any atom is 0.337 e. The maximum absolute atomic E-state index is 12.5. The summed E-state index contributed by atoms with van der Waals surface area (Å²) in [7, 11) is 0. The second kappa shape index (κ2) is 5.85. The molecule has 21 heavy (non-hydrogen) atoms. The molecule has 0 radical (unpaired) electrons. The van der Waals surface area contributed by atoms with Gasteiger partial charge in [-0.15, -0.1) is 0 Å². The molecule has 0 bridgehead atoms. The lowest BCUT2D eigenvalue weighted by Gasteiger charge is -2.19. The molecule has 2 rings (SSSR count). The van der Waals surface area contributed by atoms with Gasteiger partial charge in [0.2, 0.25) is 5.91 Å². The van der Waals surface area contributed by atoms with Crippen molar-refractivity contribution in [2.75, 3.05) is 5.32 Å². The molecule has 114 valence electrons. The first-order valence-electron chi connectivity index (χ1n) is 7.12. The van der Waals surface area contributed by atoms with Crippen molar-refractivity contribution in [3.63, 3.8) is 0 Å². The maximum atomic E-state index is 12.5. The molecule has 4 atom stereocenters. The Kier molecular flexibility index (Phi) is 4.32. The van der Waals surface area contributed by atoms with E-state index in [2.05, 4.69) is 5.32 Å². The first kappa shape index (κ1) is 15.5. The van der Waals surface area contributed by atoms with Crippen molar-refractivity contribution >= 4 is 17.6 Å². The van der Waals surface area contributed by atoms with E-state index in [1.54, 1.807) is 19.1 Å². The summed E-state index contributed by atoms with van der Waals surface area (Å²) in [6, 6.07) is 4.94. The third-order valence-corrected chi connectivity index (χ3v) is 4.30. The molecule has 0 aliphatic carbocycles. The van der Waals surface area contributed by atoms with Crippen LogP contribution < -0.4 is 5.32 Å². The minimum absolute atomic E-state index is 0.0200. The first-order valence-corrected chi connectivity index (χ1v) is 7.12. The highest BCUT2D eigenvalue weighted by atomic mass is 16.5. The quantitative estimate of drug-likeness (QED) is 0.897. The second-order valence-corrected chi connectivity index (χ2v) is 5.72. The number of nitrogens with one attached hydrogen (secondary N) is 1. The van der Waals surface area contributed by atoms with E-state index < -0.39 is 5.97 Å². The van der Waals surface area contributed by atoms with Crippen molar-refractivity contribution in [3.05, 3.63) is 29.3 Å². The van der Waals surface area contributed by atoms with Crippen LogP contribution in [0.5, 0.6) is 0 Å². The van der Waals surface area contributed by atoms with Gasteiger partial charge in [-0.2, -0.15) is 0 Å². The minimum atomic E-state index is -1.05. The lowest BCUT2D eigenvalue weighted by atomic mass is 9.88. The second-order valence-electron chi connectivity index (χ2n) is 5.72. The number of amides is 1. The summed E-state index contributed by atoms with van der Waals surface area (Å²) in [5.41, 5.74) is 1.21. The third-order valence-electron chi connectivity index (χ3n) is 4.30. The minimum Gasteiger partial charge on any atom is -0.478 e. The van der Waals surface area contributed by atoms with Crippen LogP contribution in [0.1, 0.15) is 36.7 Å². The van der Waals surface area contributed by atoms with Crippen LogP contribution in [0.2, 0.25) is 0 Å². The summed E-state index contributed by atoms with van der Waals surface area (Å²) in [4.78, 5) is 23.8. The van der Waals surface area contributed by atoms with Gasteiger partial charge < -0.3 is 15.2 Å². The number of carbonyl (C=O) groups is 2. The summed E-state index contributed by atoms with van der Waals surface area (Å²) >= 11 is 0. The number of ether oxygens (including phenoxy) is 1. The number of aryl methyl sites for hydroxylation is 1. The molecule has 0 spiro atoms. The molecule has 1 fully saturated rings. The van der Waals surface area contributed by atoms with E-state index in [-0.39, 0.29) is 35.5 Å². The van der Waals surface area contributed by atoms with Crippen LogP contribution in [-0.2, 0) is 9.53 Å². The van der Waals surface area contributed by atoms with Crippen LogP contribution in [-0.4, -0.2) is 29.2 Å². The predicted molar refractivity (Wildman–Crippen MR) is 79.4 cm³/mol. The number of carbonyl (C=O) groups excluding carboxylic acids is 1. The van der Waals surface area contributed by atoms with Gasteiger partial charge in [0.25, 0.3) is 0 Å². The van der Waals surface area contributed by atoms with Crippen LogP contribution >= 0.6 is 0 Å². The normalized spacial score (nSPS) is 28.4. The summed E-state index contributed by atoms with van der Waals surface area (Å²) in [5.74, 6) is -1.42. The number of hydrogen-bond acceptors (Lipinski definition) is 3. The number of aromatic carboxylic acids is 1. The van der Waals surface area contributed by atoms with Gasteiger partial charge in [-0.25, -0.2) is 4.79 Å². The van der Waals surface area contributed by atoms with Crippen LogP contribution in [0.25, 0.3) is 0 Å². The Hall–Kier alpha value is -1.88. The topological polar surface area (TPSA) is 75.6 Å². The van der Waals surface area contributed by atoms with Crippen LogP contribution in [0.3, 0.4) is 0 Å². The van der Waals surface area contributed by atoms with Crippen LogP contribution in [0, 0.1) is 18.8 Å². The molecule has 5 nitrogen and oxygen atoms in total. The highest BCUT2D eigenvalue weighted by Gasteiger charge is 2.41. The zero-order valence-electron chi connectivity index (χ0n) is 12.7. The molecule has 1 aliphatic heterocycles. The molecular weight excluding hydrogens is 270 g/mol. The molecule has 0 aromatic heterocycles. The predicted octanol–water partition coefficient (Wildman–Crippen LogP) is 2.69. The zero-order valence-corrected chi connectivity index (χ0v) is 12.7. The Labute approximate surface area is 124 Å². The van der Waals surface area contributed by atoms with E-state index in [4.69, 9.17) is 4.74 Å². The van der Waals surface area contributed by atoms with Gasteiger partial charge >= 0.3 is 5.97 Å². The Morgan fingerprint density at radius 1 is 1.19 bits per heavy atom. The van der Waals surface area contributed by atoms with E-state index in [0.29, 0.717) is 5.69 Å². The molecular formula is C16H21NO4. The summed E-state index contributed by atoms with van der Waals surface area (Å²) in [6.45, 7) is 7.59. The van der Waals surface area contributed by atoms with Crippen molar-refractivity contribution in [3.8, 4) is 0 Å². The standard InChI is InChI=1S/C16H21NO4/c1-8-6-5-7-12(16(19)20)14(8)17-15(18)13-9(2)10(3)21-11(13)4/h5-7,9-11,13H,1-4H3,(H,17,18)(H,19,20). The number of para-hydroxylation sites is 1. The largest absolute Gasteiger partial charge is 0.478 e. The van der Waals surface area contributed by atoms with E-state index >= 15 is 0 Å². The van der Waals surface area contributed by atoms with Crippen molar-refractivity contribution in [2.24, 2.45) is 11.8 Å². The lowest BCUT2D eigenvalue weighted by Crippen LogP contribution is -2.32. The Balaban J connectivity index is 2.26. The fourth-order valence-corrected chi connectivity index (χ4v) is 2.94. The van der Waals surface area contributed by atoms with Crippen LogP contribution in [0.4, 0.5) is 5.69 Å². The Morgan fingerprint density at radius 2 is 1.86 bits per heavy atom. The Morgan fingerprint density at radius 3 is 2.38 bits per heavy atom. The van der Waals surface area contributed by atoms with E-state index in [1.807, 2.05) is 20.8 Å². The molecule has 1 heterocycles. The van der Waals surface area contributed by atoms with Gasteiger partial charge in [0.15, 0.2) is 0 Å². The van der Waals surface area contributed by atoms with Crippen molar-refractivity contribution < 1.29 is 19.4 Å². The zero-order chi connectivity index (χ0) is 15.7. The number of anilines is 1. The molecule has 0 saturated carbocycles. The molecule has 2 N–H and O–H groups in total. The molecule has 1 aromatic rings.